The minimum atomic E-state index is -0.562. The van der Waals surface area contributed by atoms with Crippen LogP contribution in [0.25, 0.3) is 0 Å². The summed E-state index contributed by atoms with van der Waals surface area (Å²) in [5, 5.41) is 9.96. The smallest absolute Gasteiger partial charge is 0.231 e. The number of aliphatic hydroxyl groups is 1. The van der Waals surface area contributed by atoms with Crippen LogP contribution in [0.3, 0.4) is 0 Å². The second-order valence-electron chi connectivity index (χ2n) is 4.43. The zero-order valence-corrected chi connectivity index (χ0v) is 9.81. The van der Waals surface area contributed by atoms with Crippen LogP contribution in [0.2, 0.25) is 0 Å². The molecule has 2 aliphatic heterocycles. The predicted octanol–water partition coefficient (Wildman–Crippen LogP) is 2.32. The van der Waals surface area contributed by atoms with Crippen molar-refractivity contribution in [1.82, 2.24) is 0 Å². The third-order valence-electron chi connectivity index (χ3n) is 3.30. The number of hydrogen-bond donors (Lipinski definition) is 1. The van der Waals surface area contributed by atoms with Gasteiger partial charge in [-0.25, -0.2) is 0 Å². The number of fused-ring (bicyclic) bond motifs is 3. The van der Waals surface area contributed by atoms with Gasteiger partial charge in [0.05, 0.1) is 12.7 Å². The van der Waals surface area contributed by atoms with Gasteiger partial charge in [-0.05, 0) is 18.1 Å². The lowest BCUT2D eigenvalue weighted by atomic mass is 9.92. The minimum Gasteiger partial charge on any atom is -0.454 e. The van der Waals surface area contributed by atoms with Crippen LogP contribution in [0.1, 0.15) is 43.1 Å². The molecule has 0 aromatic heterocycles. The largest absolute Gasteiger partial charge is 0.454 e. The summed E-state index contributed by atoms with van der Waals surface area (Å²) in [7, 11) is 0. The molecule has 3 rings (SSSR count). The lowest BCUT2D eigenvalue weighted by Gasteiger charge is -2.30. The molecular formula is C13H16O4. The highest BCUT2D eigenvalue weighted by molar-refractivity contribution is 5.54. The van der Waals surface area contributed by atoms with E-state index in [0.717, 1.165) is 35.5 Å². The summed E-state index contributed by atoms with van der Waals surface area (Å²) in [6, 6.07) is 3.78. The summed E-state index contributed by atoms with van der Waals surface area (Å²) in [5.74, 6) is 1.50. The first-order valence-electron chi connectivity index (χ1n) is 6.03. The predicted molar refractivity (Wildman–Crippen MR) is 61.1 cm³/mol. The summed E-state index contributed by atoms with van der Waals surface area (Å²) >= 11 is 0. The number of rotatable bonds is 2. The Kier molecular flexibility index (Phi) is 2.68. The van der Waals surface area contributed by atoms with Gasteiger partial charge in [0.2, 0.25) is 6.79 Å². The Morgan fingerprint density at radius 3 is 3.06 bits per heavy atom. The zero-order valence-electron chi connectivity index (χ0n) is 9.81. The summed E-state index contributed by atoms with van der Waals surface area (Å²) in [5.41, 5.74) is 1.89. The monoisotopic (exact) mass is 236 g/mol. The van der Waals surface area contributed by atoms with Crippen molar-refractivity contribution >= 4 is 0 Å². The van der Waals surface area contributed by atoms with E-state index < -0.39 is 6.10 Å². The fraction of sp³-hybridized carbons (Fsp3) is 0.538. The standard InChI is InChI=1S/C13H16O4/c1-2-3-10-12-8(9(14)6-15-10)4-5-11-13(12)17-7-16-11/h4-5,9-10,14H,2-3,6-7H2,1H3/t9-,10-/m1/s1. The first-order valence-corrected chi connectivity index (χ1v) is 6.03. The molecule has 0 aliphatic carbocycles. The van der Waals surface area contributed by atoms with E-state index >= 15 is 0 Å². The van der Waals surface area contributed by atoms with Gasteiger partial charge >= 0.3 is 0 Å². The van der Waals surface area contributed by atoms with E-state index in [4.69, 9.17) is 14.2 Å². The van der Waals surface area contributed by atoms with Gasteiger partial charge in [-0.1, -0.05) is 19.4 Å². The molecule has 0 unspecified atom stereocenters. The highest BCUT2D eigenvalue weighted by Gasteiger charge is 2.33. The zero-order chi connectivity index (χ0) is 11.8. The number of aliphatic hydroxyl groups excluding tert-OH is 1. The molecule has 0 bridgehead atoms. The number of benzene rings is 1. The molecule has 0 radical (unpaired) electrons. The molecule has 0 amide bonds. The molecule has 0 fully saturated rings. The van der Waals surface area contributed by atoms with Crippen molar-refractivity contribution in [2.45, 2.75) is 32.0 Å². The maximum absolute atomic E-state index is 9.96. The lowest BCUT2D eigenvalue weighted by molar-refractivity contribution is -0.0350. The maximum Gasteiger partial charge on any atom is 0.231 e. The van der Waals surface area contributed by atoms with Crippen molar-refractivity contribution < 1.29 is 19.3 Å². The summed E-state index contributed by atoms with van der Waals surface area (Å²) in [6.45, 7) is 2.73. The van der Waals surface area contributed by atoms with Crippen LogP contribution in [0.5, 0.6) is 11.5 Å². The fourth-order valence-corrected chi connectivity index (χ4v) is 2.50. The first-order chi connectivity index (χ1) is 8.31. The van der Waals surface area contributed by atoms with E-state index in [0.29, 0.717) is 6.61 Å². The van der Waals surface area contributed by atoms with E-state index in [1.165, 1.54) is 0 Å². The Bertz CT molecular complexity index is 430. The second-order valence-corrected chi connectivity index (χ2v) is 4.43. The topological polar surface area (TPSA) is 47.9 Å². The molecule has 2 heterocycles. The Morgan fingerprint density at radius 2 is 2.24 bits per heavy atom. The summed E-state index contributed by atoms with van der Waals surface area (Å²) < 4.78 is 16.6. The van der Waals surface area contributed by atoms with E-state index in [2.05, 4.69) is 6.92 Å². The SMILES string of the molecule is CCC[C@H]1OC[C@@H](O)c2ccc3c(c21)OCO3. The van der Waals surface area contributed by atoms with Gasteiger partial charge in [0.25, 0.3) is 0 Å². The van der Waals surface area contributed by atoms with Crippen LogP contribution in [0, 0.1) is 0 Å². The van der Waals surface area contributed by atoms with E-state index in [1.807, 2.05) is 12.1 Å². The van der Waals surface area contributed by atoms with Crippen molar-refractivity contribution in [3.05, 3.63) is 23.3 Å². The summed E-state index contributed by atoms with van der Waals surface area (Å²) in [6.07, 6.45) is 1.41. The van der Waals surface area contributed by atoms with Crippen LogP contribution in [0.4, 0.5) is 0 Å². The molecule has 1 N–H and O–H groups in total. The van der Waals surface area contributed by atoms with Crippen LogP contribution < -0.4 is 9.47 Å². The Hall–Kier alpha value is -1.26. The average molecular weight is 236 g/mol. The van der Waals surface area contributed by atoms with Gasteiger partial charge in [0.15, 0.2) is 11.5 Å². The van der Waals surface area contributed by atoms with E-state index in [-0.39, 0.29) is 12.9 Å². The quantitative estimate of drug-likeness (QED) is 0.856. The van der Waals surface area contributed by atoms with Crippen LogP contribution in [-0.2, 0) is 4.74 Å². The highest BCUT2D eigenvalue weighted by Crippen LogP contribution is 2.47. The molecule has 0 saturated heterocycles. The minimum absolute atomic E-state index is 0.00931. The van der Waals surface area contributed by atoms with Crippen LogP contribution in [-0.4, -0.2) is 18.5 Å². The summed E-state index contributed by atoms with van der Waals surface area (Å²) in [4.78, 5) is 0. The van der Waals surface area contributed by atoms with E-state index in [1.54, 1.807) is 0 Å². The molecule has 1 aromatic carbocycles. The van der Waals surface area contributed by atoms with Gasteiger partial charge < -0.3 is 19.3 Å². The molecule has 92 valence electrons. The molecular weight excluding hydrogens is 220 g/mol. The third-order valence-corrected chi connectivity index (χ3v) is 3.30. The van der Waals surface area contributed by atoms with Gasteiger partial charge in [0.1, 0.15) is 6.10 Å². The molecule has 4 nitrogen and oxygen atoms in total. The molecule has 4 heteroatoms. The highest BCUT2D eigenvalue weighted by atomic mass is 16.7. The van der Waals surface area contributed by atoms with Gasteiger partial charge in [0, 0.05) is 5.56 Å². The number of hydrogen-bond acceptors (Lipinski definition) is 4. The van der Waals surface area contributed by atoms with Crippen LogP contribution in [0.15, 0.2) is 12.1 Å². The Balaban J connectivity index is 2.09. The van der Waals surface area contributed by atoms with Crippen molar-refractivity contribution in [3.63, 3.8) is 0 Å². The van der Waals surface area contributed by atoms with Crippen LogP contribution >= 0.6 is 0 Å². The molecule has 17 heavy (non-hydrogen) atoms. The third kappa shape index (κ3) is 1.68. The fourth-order valence-electron chi connectivity index (χ4n) is 2.50. The normalized spacial score (nSPS) is 25.8. The van der Waals surface area contributed by atoms with Crippen molar-refractivity contribution in [2.24, 2.45) is 0 Å². The maximum atomic E-state index is 9.96. The van der Waals surface area contributed by atoms with Gasteiger partial charge in [-0.2, -0.15) is 0 Å². The van der Waals surface area contributed by atoms with Gasteiger partial charge in [-0.15, -0.1) is 0 Å². The first kappa shape index (κ1) is 10.9. The molecule has 1 aromatic rings. The molecule has 2 atom stereocenters. The van der Waals surface area contributed by atoms with Crippen molar-refractivity contribution in [2.75, 3.05) is 13.4 Å². The molecule has 2 aliphatic rings. The lowest BCUT2D eigenvalue weighted by Crippen LogP contribution is -2.21. The number of ether oxygens (including phenoxy) is 3. The van der Waals surface area contributed by atoms with Crippen molar-refractivity contribution in [1.29, 1.82) is 0 Å². The molecule has 0 saturated carbocycles. The average Bonchev–Trinajstić information content (AvgIpc) is 2.80. The Morgan fingerprint density at radius 1 is 1.35 bits per heavy atom. The Labute approximate surface area is 100 Å². The van der Waals surface area contributed by atoms with E-state index in [9.17, 15) is 5.11 Å². The van der Waals surface area contributed by atoms with Crippen molar-refractivity contribution in [3.8, 4) is 11.5 Å². The van der Waals surface area contributed by atoms with Gasteiger partial charge in [-0.3, -0.25) is 0 Å². The second kappa shape index (κ2) is 4.20. The molecule has 0 spiro atoms.